The van der Waals surface area contributed by atoms with Gasteiger partial charge in [-0.1, -0.05) is 6.08 Å². The molecule has 0 aliphatic heterocycles. The van der Waals surface area contributed by atoms with Gasteiger partial charge in [0.2, 0.25) is 0 Å². The van der Waals surface area contributed by atoms with Crippen LogP contribution in [0.25, 0.3) is 0 Å². The summed E-state index contributed by atoms with van der Waals surface area (Å²) in [6.07, 6.45) is 3.94. The lowest BCUT2D eigenvalue weighted by Gasteiger charge is -1.84. The molecule has 0 spiro atoms. The lowest BCUT2D eigenvalue weighted by molar-refractivity contribution is 1.35. The average molecular weight is 122 g/mol. The molecular weight excluding hydrogens is 112 g/mol. The van der Waals surface area contributed by atoms with E-state index in [9.17, 15) is 0 Å². The molecule has 0 fully saturated rings. The maximum Gasteiger partial charge on any atom is 0.0732 e. The van der Waals surface area contributed by atoms with Crippen LogP contribution in [0.4, 0.5) is 0 Å². The first-order chi connectivity index (χ1) is 4.31. The molecule has 0 aliphatic rings. The number of allylic oxidation sites excluding steroid dienone is 1. The van der Waals surface area contributed by atoms with E-state index < -0.39 is 0 Å². The van der Waals surface area contributed by atoms with Crippen molar-refractivity contribution < 1.29 is 0 Å². The molecule has 48 valence electrons. The van der Waals surface area contributed by atoms with E-state index in [0.717, 1.165) is 5.71 Å². The highest BCUT2D eigenvalue weighted by molar-refractivity contribution is 5.84. The van der Waals surface area contributed by atoms with E-state index in [1.54, 1.807) is 6.20 Å². The third kappa shape index (κ3) is 4.76. The van der Waals surface area contributed by atoms with Crippen molar-refractivity contribution in [3.63, 3.8) is 0 Å². The first-order valence-electron chi connectivity index (χ1n) is 2.82. The molecule has 0 aliphatic carbocycles. The van der Waals surface area contributed by atoms with Crippen LogP contribution in [-0.2, 0) is 0 Å². The van der Waals surface area contributed by atoms with Crippen molar-refractivity contribution in [3.05, 3.63) is 12.3 Å². The van der Waals surface area contributed by atoms with E-state index in [4.69, 9.17) is 5.26 Å². The predicted molar refractivity (Wildman–Crippen MR) is 38.2 cm³/mol. The lowest BCUT2D eigenvalue weighted by Crippen LogP contribution is -1.85. The molecule has 0 unspecified atom stereocenters. The van der Waals surface area contributed by atoms with Gasteiger partial charge >= 0.3 is 0 Å². The van der Waals surface area contributed by atoms with Crippen LogP contribution in [0.1, 0.15) is 20.3 Å². The summed E-state index contributed by atoms with van der Waals surface area (Å²) in [7, 11) is 0. The van der Waals surface area contributed by atoms with Crippen molar-refractivity contribution in [2.45, 2.75) is 20.3 Å². The van der Waals surface area contributed by atoms with E-state index in [-0.39, 0.29) is 0 Å². The van der Waals surface area contributed by atoms with Crippen LogP contribution >= 0.6 is 0 Å². The average Bonchev–Trinajstić information content (AvgIpc) is 1.85. The summed E-state index contributed by atoms with van der Waals surface area (Å²) in [6, 6.07) is 2.01. The molecule has 0 bridgehead atoms. The smallest absolute Gasteiger partial charge is 0.0732 e. The van der Waals surface area contributed by atoms with Crippen molar-refractivity contribution in [2.24, 2.45) is 4.99 Å². The minimum Gasteiger partial charge on any atom is -0.265 e. The van der Waals surface area contributed by atoms with Gasteiger partial charge in [-0.3, -0.25) is 4.99 Å². The van der Waals surface area contributed by atoms with Crippen molar-refractivity contribution in [2.75, 3.05) is 0 Å². The summed E-state index contributed by atoms with van der Waals surface area (Å²) in [5.41, 5.74) is 0.857. The molecule has 0 atom stereocenters. The number of nitriles is 1. The Bertz CT molecular complexity index is 160. The minimum absolute atomic E-state index is 0.421. The summed E-state index contributed by atoms with van der Waals surface area (Å²) in [4.78, 5) is 3.95. The molecule has 0 aromatic rings. The standard InChI is InChI=1S/C7H10N2/c1-3-6-9-7(2)4-5-8/h3,6H,4H2,1-2H3/b6-3-,9-7?. The number of hydrogen-bond donors (Lipinski definition) is 0. The SMILES string of the molecule is C/C=C\N=C(C)CC#N. The Kier molecular flexibility index (Phi) is 4.43. The van der Waals surface area contributed by atoms with E-state index >= 15 is 0 Å². The van der Waals surface area contributed by atoms with Gasteiger partial charge in [-0.15, -0.1) is 0 Å². The van der Waals surface area contributed by atoms with E-state index in [0.29, 0.717) is 6.42 Å². The molecule has 0 N–H and O–H groups in total. The van der Waals surface area contributed by atoms with Gasteiger partial charge in [0, 0.05) is 11.9 Å². The maximum absolute atomic E-state index is 8.18. The largest absolute Gasteiger partial charge is 0.265 e. The lowest BCUT2D eigenvalue weighted by atomic mass is 10.3. The molecule has 9 heavy (non-hydrogen) atoms. The normalized spacial score (nSPS) is 11.9. The Morgan fingerprint density at radius 1 is 1.78 bits per heavy atom. The molecule has 0 aromatic carbocycles. The number of nitrogens with zero attached hydrogens (tertiary/aromatic N) is 2. The van der Waals surface area contributed by atoms with Crippen molar-refractivity contribution in [1.29, 1.82) is 5.26 Å². The Morgan fingerprint density at radius 3 is 2.89 bits per heavy atom. The van der Waals surface area contributed by atoms with E-state index in [1.807, 2.05) is 26.0 Å². The molecule has 2 nitrogen and oxygen atoms in total. The van der Waals surface area contributed by atoms with Crippen LogP contribution in [0, 0.1) is 11.3 Å². The maximum atomic E-state index is 8.18. The number of rotatable bonds is 2. The van der Waals surface area contributed by atoms with Gasteiger partial charge in [0.25, 0.3) is 0 Å². The molecule has 0 saturated heterocycles. The van der Waals surface area contributed by atoms with E-state index in [1.165, 1.54) is 0 Å². The van der Waals surface area contributed by atoms with Gasteiger partial charge in [-0.25, -0.2) is 0 Å². The van der Waals surface area contributed by atoms with Gasteiger partial charge in [-0.2, -0.15) is 5.26 Å². The van der Waals surface area contributed by atoms with Crippen LogP contribution in [0.15, 0.2) is 17.3 Å². The zero-order valence-electron chi connectivity index (χ0n) is 5.76. The second kappa shape index (κ2) is 5.04. The van der Waals surface area contributed by atoms with Crippen molar-refractivity contribution in [3.8, 4) is 6.07 Å². The molecule has 2 heteroatoms. The van der Waals surface area contributed by atoms with Gasteiger partial charge in [0.05, 0.1) is 12.5 Å². The topological polar surface area (TPSA) is 36.1 Å². The van der Waals surface area contributed by atoms with Gasteiger partial charge in [-0.05, 0) is 13.8 Å². The predicted octanol–water partition coefficient (Wildman–Crippen LogP) is 1.89. The zero-order valence-corrected chi connectivity index (χ0v) is 5.76. The van der Waals surface area contributed by atoms with Gasteiger partial charge in [0.1, 0.15) is 0 Å². The fourth-order valence-corrected chi connectivity index (χ4v) is 0.362. The van der Waals surface area contributed by atoms with Crippen LogP contribution < -0.4 is 0 Å². The van der Waals surface area contributed by atoms with Crippen LogP contribution in [0.2, 0.25) is 0 Å². The van der Waals surface area contributed by atoms with Crippen LogP contribution in [0.3, 0.4) is 0 Å². The quantitative estimate of drug-likeness (QED) is 0.515. The van der Waals surface area contributed by atoms with Gasteiger partial charge < -0.3 is 0 Å². The van der Waals surface area contributed by atoms with Crippen LogP contribution in [-0.4, -0.2) is 5.71 Å². The van der Waals surface area contributed by atoms with Crippen molar-refractivity contribution in [1.82, 2.24) is 0 Å². The fraction of sp³-hybridized carbons (Fsp3) is 0.429. The molecule has 0 rings (SSSR count). The fourth-order valence-electron chi connectivity index (χ4n) is 0.362. The first kappa shape index (κ1) is 7.90. The molecular formula is C7H10N2. The van der Waals surface area contributed by atoms with Gasteiger partial charge in [0.15, 0.2) is 0 Å². The summed E-state index contributed by atoms with van der Waals surface area (Å²) < 4.78 is 0. The highest BCUT2D eigenvalue weighted by atomic mass is 14.7. The third-order valence-corrected chi connectivity index (χ3v) is 0.779. The Balaban J connectivity index is 3.72. The summed E-state index contributed by atoms with van der Waals surface area (Å²) >= 11 is 0. The molecule has 0 heterocycles. The minimum atomic E-state index is 0.421. The molecule has 0 radical (unpaired) electrons. The van der Waals surface area contributed by atoms with E-state index in [2.05, 4.69) is 4.99 Å². The number of aliphatic imine (C=N–C) groups is 1. The summed E-state index contributed by atoms with van der Waals surface area (Å²) in [6.45, 7) is 3.73. The van der Waals surface area contributed by atoms with Crippen LogP contribution in [0.5, 0.6) is 0 Å². The second-order valence-electron chi connectivity index (χ2n) is 1.68. The molecule has 0 saturated carbocycles. The summed E-state index contributed by atoms with van der Waals surface area (Å²) in [5, 5.41) is 8.18. The Labute approximate surface area is 55.5 Å². The highest BCUT2D eigenvalue weighted by Crippen LogP contribution is 1.84. The van der Waals surface area contributed by atoms with Crippen molar-refractivity contribution >= 4 is 5.71 Å². The zero-order chi connectivity index (χ0) is 7.11. The summed E-state index contributed by atoms with van der Waals surface area (Å²) in [5.74, 6) is 0. The first-order valence-corrected chi connectivity index (χ1v) is 2.82. The monoisotopic (exact) mass is 122 g/mol. The Hall–Kier alpha value is -1.10. The second-order valence-corrected chi connectivity index (χ2v) is 1.68. The number of hydrogen-bond acceptors (Lipinski definition) is 2. The molecule has 0 amide bonds. The molecule has 0 aromatic heterocycles. The highest BCUT2D eigenvalue weighted by Gasteiger charge is 1.83. The third-order valence-electron chi connectivity index (χ3n) is 0.779. The Morgan fingerprint density at radius 2 is 2.44 bits per heavy atom.